The Bertz CT molecular complexity index is 424. The second-order valence-electron chi connectivity index (χ2n) is 2.82. The summed E-state index contributed by atoms with van der Waals surface area (Å²) in [6.45, 7) is 0. The summed E-state index contributed by atoms with van der Waals surface area (Å²) < 4.78 is 6.17. The van der Waals surface area contributed by atoms with Gasteiger partial charge < -0.3 is 4.52 Å². The van der Waals surface area contributed by atoms with Gasteiger partial charge in [0, 0.05) is 15.6 Å². The third-order valence-electron chi connectivity index (χ3n) is 1.89. The molecule has 1 aromatic heterocycles. The molecule has 2 rings (SSSR count). The molecule has 2 aromatic rings. The number of aromatic nitrogens is 1. The first-order valence-corrected chi connectivity index (χ1v) is 5.39. The average Bonchev–Trinajstić information content (AvgIpc) is 2.67. The van der Waals surface area contributed by atoms with E-state index < -0.39 is 0 Å². The summed E-state index contributed by atoms with van der Waals surface area (Å²) in [4.78, 5) is 0. The smallest absolute Gasteiger partial charge is 0.171 e. The zero-order valence-electron chi connectivity index (χ0n) is 7.21. The maximum absolute atomic E-state index is 5.75. The number of benzene rings is 1. The summed E-state index contributed by atoms with van der Waals surface area (Å²) in [5.41, 5.74) is 1.90. The van der Waals surface area contributed by atoms with Gasteiger partial charge in [0.15, 0.2) is 5.76 Å². The van der Waals surface area contributed by atoms with Gasteiger partial charge in [0.05, 0.1) is 12.1 Å². The highest BCUT2D eigenvalue weighted by Crippen LogP contribution is 2.25. The van der Waals surface area contributed by atoms with Crippen molar-refractivity contribution in [2.75, 3.05) is 0 Å². The van der Waals surface area contributed by atoms with Crippen molar-refractivity contribution in [2.45, 2.75) is 5.88 Å². The molecule has 0 bridgehead atoms. The lowest BCUT2D eigenvalue weighted by Gasteiger charge is -1.97. The molecule has 0 unspecified atom stereocenters. The highest BCUT2D eigenvalue weighted by molar-refractivity contribution is 9.10. The Morgan fingerprint density at radius 1 is 1.29 bits per heavy atom. The van der Waals surface area contributed by atoms with Gasteiger partial charge in [0.1, 0.15) is 0 Å². The van der Waals surface area contributed by atoms with Crippen LogP contribution in [0, 0.1) is 0 Å². The van der Waals surface area contributed by atoms with Crippen LogP contribution in [0.4, 0.5) is 0 Å². The van der Waals surface area contributed by atoms with Crippen molar-refractivity contribution < 1.29 is 4.52 Å². The Hall–Kier alpha value is -0.800. The molecule has 14 heavy (non-hydrogen) atoms. The molecule has 0 fully saturated rings. The fraction of sp³-hybridized carbons (Fsp3) is 0.100. The van der Waals surface area contributed by atoms with E-state index in [-0.39, 0.29) is 0 Å². The van der Waals surface area contributed by atoms with Crippen LogP contribution in [-0.2, 0) is 5.88 Å². The molecule has 0 aliphatic rings. The number of halogens is 2. The standard InChI is InChI=1S/C10H7BrClNO/c11-9-3-1-7(2-4-9)10-8(5-12)6-13-14-10/h1-4,6H,5H2. The Kier molecular flexibility index (Phi) is 2.89. The Labute approximate surface area is 95.0 Å². The van der Waals surface area contributed by atoms with Crippen LogP contribution in [0.25, 0.3) is 11.3 Å². The second kappa shape index (κ2) is 4.15. The molecule has 1 aromatic carbocycles. The van der Waals surface area contributed by atoms with Gasteiger partial charge >= 0.3 is 0 Å². The number of alkyl halides is 1. The van der Waals surface area contributed by atoms with Gasteiger partial charge in [-0.1, -0.05) is 33.2 Å². The van der Waals surface area contributed by atoms with Crippen molar-refractivity contribution in [2.24, 2.45) is 0 Å². The van der Waals surface area contributed by atoms with E-state index in [1.807, 2.05) is 24.3 Å². The van der Waals surface area contributed by atoms with Gasteiger partial charge in [-0.05, 0) is 12.1 Å². The Balaban J connectivity index is 2.44. The van der Waals surface area contributed by atoms with E-state index in [0.29, 0.717) is 5.88 Å². The molecule has 0 aliphatic carbocycles. The molecular formula is C10H7BrClNO. The quantitative estimate of drug-likeness (QED) is 0.776. The molecule has 72 valence electrons. The first kappa shape index (κ1) is 9.74. The topological polar surface area (TPSA) is 26.0 Å². The van der Waals surface area contributed by atoms with Crippen molar-refractivity contribution in [1.29, 1.82) is 0 Å². The van der Waals surface area contributed by atoms with Crippen molar-refractivity contribution in [3.63, 3.8) is 0 Å². The van der Waals surface area contributed by atoms with Crippen molar-refractivity contribution in [1.82, 2.24) is 5.16 Å². The Morgan fingerprint density at radius 2 is 2.00 bits per heavy atom. The van der Waals surface area contributed by atoms with Crippen molar-refractivity contribution in [3.8, 4) is 11.3 Å². The average molecular weight is 273 g/mol. The van der Waals surface area contributed by atoms with E-state index in [4.69, 9.17) is 16.1 Å². The highest BCUT2D eigenvalue weighted by Gasteiger charge is 2.08. The van der Waals surface area contributed by atoms with Gasteiger partial charge in [-0.15, -0.1) is 11.6 Å². The van der Waals surface area contributed by atoms with E-state index in [1.165, 1.54) is 0 Å². The number of hydrogen-bond acceptors (Lipinski definition) is 2. The predicted octanol–water partition coefficient (Wildman–Crippen LogP) is 3.84. The summed E-state index contributed by atoms with van der Waals surface area (Å²) >= 11 is 9.12. The molecule has 0 saturated carbocycles. The molecular weight excluding hydrogens is 265 g/mol. The minimum atomic E-state index is 0.412. The summed E-state index contributed by atoms with van der Waals surface area (Å²) in [6.07, 6.45) is 1.64. The normalized spacial score (nSPS) is 10.4. The molecule has 2 nitrogen and oxygen atoms in total. The van der Waals surface area contributed by atoms with Gasteiger partial charge in [-0.2, -0.15) is 0 Å². The molecule has 0 atom stereocenters. The van der Waals surface area contributed by atoms with E-state index in [9.17, 15) is 0 Å². The predicted molar refractivity (Wildman–Crippen MR) is 59.2 cm³/mol. The van der Waals surface area contributed by atoms with Crippen LogP contribution >= 0.6 is 27.5 Å². The van der Waals surface area contributed by atoms with Crippen molar-refractivity contribution >= 4 is 27.5 Å². The Morgan fingerprint density at radius 3 is 2.64 bits per heavy atom. The van der Waals surface area contributed by atoms with E-state index in [2.05, 4.69) is 21.1 Å². The monoisotopic (exact) mass is 271 g/mol. The lowest BCUT2D eigenvalue weighted by atomic mass is 10.1. The van der Waals surface area contributed by atoms with Crippen LogP contribution < -0.4 is 0 Å². The number of hydrogen-bond donors (Lipinski definition) is 0. The maximum Gasteiger partial charge on any atom is 0.171 e. The van der Waals surface area contributed by atoms with Gasteiger partial charge in [-0.25, -0.2) is 0 Å². The van der Waals surface area contributed by atoms with Crippen LogP contribution in [0.15, 0.2) is 39.5 Å². The molecule has 0 saturated heterocycles. The largest absolute Gasteiger partial charge is 0.356 e. The van der Waals surface area contributed by atoms with E-state index in [0.717, 1.165) is 21.4 Å². The maximum atomic E-state index is 5.75. The molecule has 0 radical (unpaired) electrons. The lowest BCUT2D eigenvalue weighted by Crippen LogP contribution is -1.79. The van der Waals surface area contributed by atoms with Crippen LogP contribution in [0.2, 0.25) is 0 Å². The summed E-state index contributed by atoms with van der Waals surface area (Å²) in [7, 11) is 0. The van der Waals surface area contributed by atoms with Gasteiger partial charge in [0.2, 0.25) is 0 Å². The summed E-state index contributed by atoms with van der Waals surface area (Å²) in [6, 6.07) is 7.83. The highest BCUT2D eigenvalue weighted by atomic mass is 79.9. The zero-order valence-corrected chi connectivity index (χ0v) is 9.55. The summed E-state index contributed by atoms with van der Waals surface area (Å²) in [5.74, 6) is 1.15. The first-order valence-electron chi connectivity index (χ1n) is 4.06. The van der Waals surface area contributed by atoms with Crippen LogP contribution in [0.3, 0.4) is 0 Å². The molecule has 1 heterocycles. The van der Waals surface area contributed by atoms with E-state index >= 15 is 0 Å². The van der Waals surface area contributed by atoms with Crippen LogP contribution in [0.1, 0.15) is 5.56 Å². The second-order valence-corrected chi connectivity index (χ2v) is 4.00. The van der Waals surface area contributed by atoms with E-state index in [1.54, 1.807) is 6.20 Å². The third-order valence-corrected chi connectivity index (χ3v) is 2.71. The molecule has 4 heteroatoms. The van der Waals surface area contributed by atoms with Crippen LogP contribution in [0.5, 0.6) is 0 Å². The molecule has 0 aliphatic heterocycles. The lowest BCUT2D eigenvalue weighted by molar-refractivity contribution is 0.432. The van der Waals surface area contributed by atoms with Crippen LogP contribution in [-0.4, -0.2) is 5.16 Å². The minimum Gasteiger partial charge on any atom is -0.356 e. The molecule has 0 N–H and O–H groups in total. The first-order chi connectivity index (χ1) is 6.81. The number of rotatable bonds is 2. The molecule has 0 amide bonds. The summed E-state index contributed by atoms with van der Waals surface area (Å²) in [5, 5.41) is 3.72. The fourth-order valence-electron chi connectivity index (χ4n) is 1.19. The number of nitrogens with zero attached hydrogens (tertiary/aromatic N) is 1. The van der Waals surface area contributed by atoms with Gasteiger partial charge in [0.25, 0.3) is 0 Å². The zero-order chi connectivity index (χ0) is 9.97. The van der Waals surface area contributed by atoms with Crippen molar-refractivity contribution in [3.05, 3.63) is 40.5 Å². The third kappa shape index (κ3) is 1.83. The SMILES string of the molecule is ClCc1cnoc1-c1ccc(Br)cc1. The fourth-order valence-corrected chi connectivity index (χ4v) is 1.65. The molecule has 0 spiro atoms. The minimum absolute atomic E-state index is 0.412. The van der Waals surface area contributed by atoms with Gasteiger partial charge in [-0.3, -0.25) is 0 Å².